The van der Waals surface area contributed by atoms with Crippen LogP contribution in [0.4, 0.5) is 5.82 Å². The van der Waals surface area contributed by atoms with E-state index in [4.69, 9.17) is 5.73 Å². The number of hydrogen-bond acceptors (Lipinski definition) is 4. The summed E-state index contributed by atoms with van der Waals surface area (Å²) < 4.78 is 0. The van der Waals surface area contributed by atoms with Gasteiger partial charge in [0.15, 0.2) is 0 Å². The number of pyridine rings is 1. The highest BCUT2D eigenvalue weighted by Gasteiger charge is 2.08. The second kappa shape index (κ2) is 3.77. The average Bonchev–Trinajstić information content (AvgIpc) is 2.26. The number of H-pyrrole nitrogens is 1. The Bertz CT molecular complexity index is 589. The van der Waals surface area contributed by atoms with Crippen LogP contribution in [0.5, 0.6) is 0 Å². The van der Waals surface area contributed by atoms with E-state index < -0.39 is 0 Å². The smallest absolute Gasteiger partial charge is 0.256 e. The van der Waals surface area contributed by atoms with Crippen LogP contribution in [0.3, 0.4) is 0 Å². The van der Waals surface area contributed by atoms with Gasteiger partial charge in [-0.15, -0.1) is 0 Å². The van der Waals surface area contributed by atoms with E-state index in [1.165, 1.54) is 0 Å². The molecule has 0 unspecified atom stereocenters. The number of nitrogens with two attached hydrogens (primary N) is 1. The summed E-state index contributed by atoms with van der Waals surface area (Å²) in [6, 6.07) is 1.85. The third-order valence-corrected chi connectivity index (χ3v) is 2.48. The summed E-state index contributed by atoms with van der Waals surface area (Å²) in [4.78, 5) is 22.4. The van der Waals surface area contributed by atoms with E-state index in [-0.39, 0.29) is 11.4 Å². The SMILES string of the molecule is Cc1ccncc1-c1nc(N)c(C)c(=O)[nH]1. The highest BCUT2D eigenvalue weighted by Crippen LogP contribution is 2.17. The second-order valence-corrected chi connectivity index (χ2v) is 3.62. The molecule has 16 heavy (non-hydrogen) atoms. The summed E-state index contributed by atoms with van der Waals surface area (Å²) in [5, 5.41) is 0. The van der Waals surface area contributed by atoms with Crippen molar-refractivity contribution in [2.45, 2.75) is 13.8 Å². The summed E-state index contributed by atoms with van der Waals surface area (Å²) in [6.45, 7) is 3.56. The number of nitrogens with zero attached hydrogens (tertiary/aromatic N) is 2. The first-order valence-corrected chi connectivity index (χ1v) is 4.87. The molecule has 0 bridgehead atoms. The maximum atomic E-state index is 11.5. The molecule has 0 aliphatic rings. The number of anilines is 1. The number of hydrogen-bond donors (Lipinski definition) is 2. The van der Waals surface area contributed by atoms with E-state index in [0.29, 0.717) is 11.4 Å². The third-order valence-electron chi connectivity index (χ3n) is 2.48. The van der Waals surface area contributed by atoms with Crippen molar-refractivity contribution in [3.8, 4) is 11.4 Å². The Balaban J connectivity index is 2.67. The lowest BCUT2D eigenvalue weighted by Crippen LogP contribution is -2.15. The van der Waals surface area contributed by atoms with E-state index in [1.807, 2.05) is 13.0 Å². The van der Waals surface area contributed by atoms with Gasteiger partial charge in [0.1, 0.15) is 11.6 Å². The van der Waals surface area contributed by atoms with Gasteiger partial charge in [-0.05, 0) is 25.5 Å². The lowest BCUT2D eigenvalue weighted by Gasteiger charge is -2.05. The van der Waals surface area contributed by atoms with Crippen molar-refractivity contribution in [1.29, 1.82) is 0 Å². The van der Waals surface area contributed by atoms with Gasteiger partial charge in [0.05, 0.1) is 5.56 Å². The van der Waals surface area contributed by atoms with Gasteiger partial charge in [-0.3, -0.25) is 9.78 Å². The minimum atomic E-state index is -0.217. The van der Waals surface area contributed by atoms with E-state index in [1.54, 1.807) is 19.3 Å². The predicted octanol–water partition coefficient (Wildman–Crippen LogP) is 1.03. The topological polar surface area (TPSA) is 84.7 Å². The van der Waals surface area contributed by atoms with Crippen molar-refractivity contribution in [1.82, 2.24) is 15.0 Å². The molecule has 0 atom stereocenters. The number of rotatable bonds is 1. The van der Waals surface area contributed by atoms with Crippen molar-refractivity contribution in [3.63, 3.8) is 0 Å². The second-order valence-electron chi connectivity index (χ2n) is 3.62. The molecule has 0 aliphatic carbocycles. The van der Waals surface area contributed by atoms with Crippen LogP contribution in [-0.2, 0) is 0 Å². The summed E-state index contributed by atoms with van der Waals surface area (Å²) in [5.41, 5.74) is 7.65. The first kappa shape index (κ1) is 10.4. The fourth-order valence-corrected chi connectivity index (χ4v) is 1.39. The predicted molar refractivity (Wildman–Crippen MR) is 62.0 cm³/mol. The van der Waals surface area contributed by atoms with Crippen LogP contribution in [0, 0.1) is 13.8 Å². The molecule has 0 fully saturated rings. The maximum Gasteiger partial charge on any atom is 0.256 e. The lowest BCUT2D eigenvalue weighted by atomic mass is 10.1. The van der Waals surface area contributed by atoms with Gasteiger partial charge >= 0.3 is 0 Å². The van der Waals surface area contributed by atoms with Crippen molar-refractivity contribution >= 4 is 5.82 Å². The Morgan fingerprint density at radius 1 is 1.38 bits per heavy atom. The Kier molecular flexibility index (Phi) is 2.44. The molecule has 3 N–H and O–H groups in total. The zero-order chi connectivity index (χ0) is 11.7. The van der Waals surface area contributed by atoms with Crippen LogP contribution in [0.1, 0.15) is 11.1 Å². The van der Waals surface area contributed by atoms with Gasteiger partial charge in [-0.2, -0.15) is 0 Å². The molecule has 0 spiro atoms. The third kappa shape index (κ3) is 1.67. The molecule has 0 radical (unpaired) electrons. The molecular formula is C11H12N4O. The quantitative estimate of drug-likeness (QED) is 0.745. The van der Waals surface area contributed by atoms with Gasteiger partial charge in [0.2, 0.25) is 0 Å². The lowest BCUT2D eigenvalue weighted by molar-refractivity contribution is 1.08. The molecule has 0 amide bonds. The zero-order valence-corrected chi connectivity index (χ0v) is 9.11. The molecule has 0 aromatic carbocycles. The van der Waals surface area contributed by atoms with Gasteiger partial charge in [-0.25, -0.2) is 4.98 Å². The largest absolute Gasteiger partial charge is 0.383 e. The van der Waals surface area contributed by atoms with Crippen LogP contribution >= 0.6 is 0 Å². The Labute approximate surface area is 92.4 Å². The molecule has 5 nitrogen and oxygen atoms in total. The minimum absolute atomic E-state index is 0.217. The number of aryl methyl sites for hydroxylation is 1. The Morgan fingerprint density at radius 3 is 2.75 bits per heavy atom. The van der Waals surface area contributed by atoms with Crippen LogP contribution in [0.15, 0.2) is 23.3 Å². The van der Waals surface area contributed by atoms with E-state index in [0.717, 1.165) is 11.1 Å². The van der Waals surface area contributed by atoms with Crippen LogP contribution in [-0.4, -0.2) is 15.0 Å². The molecule has 0 aliphatic heterocycles. The van der Waals surface area contributed by atoms with Crippen LogP contribution < -0.4 is 11.3 Å². The molecule has 2 aromatic heterocycles. The van der Waals surface area contributed by atoms with E-state index in [2.05, 4.69) is 15.0 Å². The Hall–Kier alpha value is -2.17. The van der Waals surface area contributed by atoms with Crippen molar-refractivity contribution in [2.24, 2.45) is 0 Å². The standard InChI is InChI=1S/C11H12N4O/c1-6-3-4-13-5-8(6)10-14-9(12)7(2)11(16)15-10/h3-5H,1-2H3,(H3,12,14,15,16). The summed E-state index contributed by atoms with van der Waals surface area (Å²) >= 11 is 0. The number of nitrogens with one attached hydrogen (secondary N) is 1. The highest BCUT2D eigenvalue weighted by molar-refractivity contribution is 5.60. The van der Waals surface area contributed by atoms with Crippen LogP contribution in [0.2, 0.25) is 0 Å². The Morgan fingerprint density at radius 2 is 2.12 bits per heavy atom. The van der Waals surface area contributed by atoms with Crippen molar-refractivity contribution in [3.05, 3.63) is 39.9 Å². The molecule has 2 rings (SSSR count). The molecular weight excluding hydrogens is 204 g/mol. The molecule has 82 valence electrons. The monoisotopic (exact) mass is 216 g/mol. The average molecular weight is 216 g/mol. The highest BCUT2D eigenvalue weighted by atomic mass is 16.1. The summed E-state index contributed by atoms with van der Waals surface area (Å²) in [5.74, 6) is 0.709. The number of aromatic amines is 1. The molecule has 2 aromatic rings. The zero-order valence-electron chi connectivity index (χ0n) is 9.11. The number of aromatic nitrogens is 3. The van der Waals surface area contributed by atoms with Crippen molar-refractivity contribution in [2.75, 3.05) is 5.73 Å². The maximum absolute atomic E-state index is 11.5. The van der Waals surface area contributed by atoms with Gasteiger partial charge in [0, 0.05) is 18.0 Å². The fraction of sp³-hybridized carbons (Fsp3) is 0.182. The molecule has 0 saturated heterocycles. The molecule has 5 heteroatoms. The number of nitrogen functional groups attached to an aromatic ring is 1. The normalized spacial score (nSPS) is 10.4. The first-order valence-electron chi connectivity index (χ1n) is 4.87. The molecule has 2 heterocycles. The van der Waals surface area contributed by atoms with Crippen molar-refractivity contribution < 1.29 is 0 Å². The van der Waals surface area contributed by atoms with Gasteiger partial charge in [0.25, 0.3) is 5.56 Å². The van der Waals surface area contributed by atoms with E-state index in [9.17, 15) is 4.79 Å². The van der Waals surface area contributed by atoms with E-state index >= 15 is 0 Å². The minimum Gasteiger partial charge on any atom is -0.383 e. The first-order chi connectivity index (χ1) is 7.59. The van der Waals surface area contributed by atoms with Crippen LogP contribution in [0.25, 0.3) is 11.4 Å². The van der Waals surface area contributed by atoms with Gasteiger partial charge in [-0.1, -0.05) is 0 Å². The summed E-state index contributed by atoms with van der Waals surface area (Å²) in [6.07, 6.45) is 3.34. The fourth-order valence-electron chi connectivity index (χ4n) is 1.39. The molecule has 0 saturated carbocycles. The summed E-state index contributed by atoms with van der Waals surface area (Å²) in [7, 11) is 0. The van der Waals surface area contributed by atoms with Gasteiger partial charge < -0.3 is 10.7 Å².